The molecule has 0 bridgehead atoms. The fraction of sp³-hybridized carbons (Fsp3) is 0.371. The van der Waals surface area contributed by atoms with Crippen molar-refractivity contribution in [2.45, 2.75) is 80.0 Å². The Kier molecular flexibility index (Phi) is 7.29. The van der Waals surface area contributed by atoms with Crippen molar-refractivity contribution in [3.8, 4) is 0 Å². The SMILES string of the molecule is CC1=Cc2cc(C(C)(C)C)ccc2[CH]1[Zr]([Cl])([Cl])([CH]1C(C)=Cc2cc(C(C)(C)C)ccc21)=[Si](C)c1ccccc1. The number of halogens is 2. The van der Waals surface area contributed by atoms with Gasteiger partial charge in [-0.25, -0.2) is 0 Å². The van der Waals surface area contributed by atoms with E-state index in [9.17, 15) is 0 Å². The minimum atomic E-state index is -4.86. The molecule has 5 rings (SSSR count). The maximum atomic E-state index is 8.54. The zero-order valence-electron chi connectivity index (χ0n) is 24.9. The van der Waals surface area contributed by atoms with Crippen LogP contribution in [0.5, 0.6) is 0 Å². The van der Waals surface area contributed by atoms with Gasteiger partial charge in [-0.15, -0.1) is 0 Å². The number of fused-ring (bicyclic) bond motifs is 2. The molecule has 39 heavy (non-hydrogen) atoms. The summed E-state index contributed by atoms with van der Waals surface area (Å²) in [5.41, 5.74) is 9.50. The second-order valence-electron chi connectivity index (χ2n) is 14.0. The zero-order chi connectivity index (χ0) is 28.6. The van der Waals surface area contributed by atoms with E-state index in [1.807, 2.05) is 0 Å². The van der Waals surface area contributed by atoms with Crippen LogP contribution in [-0.2, 0) is 25.8 Å². The predicted octanol–water partition coefficient (Wildman–Crippen LogP) is 10.4. The van der Waals surface area contributed by atoms with Crippen LogP contribution >= 0.6 is 17.0 Å². The maximum absolute atomic E-state index is 8.54. The normalized spacial score (nSPS) is 19.4. The first-order chi connectivity index (χ1) is 18.0. The van der Waals surface area contributed by atoms with Gasteiger partial charge < -0.3 is 0 Å². The van der Waals surface area contributed by atoms with Gasteiger partial charge in [0.2, 0.25) is 0 Å². The predicted molar refractivity (Wildman–Crippen MR) is 172 cm³/mol. The molecule has 2 atom stereocenters. The van der Waals surface area contributed by atoms with Crippen LogP contribution in [-0.4, -0.2) is 5.43 Å². The number of benzene rings is 3. The third-order valence-corrected chi connectivity index (χ3v) is 52.1. The fourth-order valence-electron chi connectivity index (χ4n) is 6.97. The molecule has 0 saturated heterocycles. The summed E-state index contributed by atoms with van der Waals surface area (Å²) in [7, 11) is 17.1. The first kappa shape index (κ1) is 29.3. The molecule has 2 unspecified atom stereocenters. The molecule has 2 aliphatic rings. The van der Waals surface area contributed by atoms with Crippen molar-refractivity contribution in [2.75, 3.05) is 0 Å². The second-order valence-corrected chi connectivity index (χ2v) is 50.7. The topological polar surface area (TPSA) is 0 Å². The standard InChI is InChI=1S/2C14H17.C7H8Si.2ClH.Zr/c2*1-10-7-11-5-6-13(14(2,3)4)9-12(11)8-10;1-8-7-5-3-2-4-6-7;;;/h2*5-9H,1-4H3;2-6H,1H3;2*1H;/q;;;;;+2/p-2. The van der Waals surface area contributed by atoms with Crippen molar-refractivity contribution >= 4 is 39.8 Å². The first-order valence-electron chi connectivity index (χ1n) is 14.2. The van der Waals surface area contributed by atoms with Crippen LogP contribution < -0.4 is 5.19 Å². The summed E-state index contributed by atoms with van der Waals surface area (Å²) >= 11 is -4.86. The molecule has 204 valence electrons. The summed E-state index contributed by atoms with van der Waals surface area (Å²) < 4.78 is 0.166. The summed E-state index contributed by atoms with van der Waals surface area (Å²) in [5, 5.41) is 1.35. The Bertz CT molecular complexity index is 1510. The summed E-state index contributed by atoms with van der Waals surface area (Å²) in [6.07, 6.45) is 4.76. The summed E-state index contributed by atoms with van der Waals surface area (Å²) in [6.45, 7) is 20.7. The van der Waals surface area contributed by atoms with E-state index in [1.54, 1.807) is 0 Å². The molecule has 0 spiro atoms. The third-order valence-electron chi connectivity index (χ3n) is 9.19. The van der Waals surface area contributed by atoms with Crippen molar-refractivity contribution in [1.82, 2.24) is 0 Å². The Morgan fingerprint density at radius 1 is 0.641 bits per heavy atom. The molecule has 2 aliphatic carbocycles. The number of hydrogen-bond donors (Lipinski definition) is 0. The van der Waals surface area contributed by atoms with Gasteiger partial charge in [0, 0.05) is 0 Å². The molecule has 0 amide bonds. The Hall–Kier alpha value is -1.18. The molecule has 0 N–H and O–H groups in total. The van der Waals surface area contributed by atoms with Crippen LogP contribution in [0.15, 0.2) is 77.9 Å². The number of hydrogen-bond acceptors (Lipinski definition) is 0. The van der Waals surface area contributed by atoms with E-state index in [0.29, 0.717) is 0 Å². The van der Waals surface area contributed by atoms with Crippen LogP contribution in [0.2, 0.25) is 6.55 Å². The van der Waals surface area contributed by atoms with Gasteiger partial charge in [0.15, 0.2) is 0 Å². The number of rotatable bonds is 3. The van der Waals surface area contributed by atoms with Gasteiger partial charge in [0.1, 0.15) is 0 Å². The van der Waals surface area contributed by atoms with Crippen molar-refractivity contribution in [3.05, 3.63) is 111 Å². The van der Waals surface area contributed by atoms with E-state index < -0.39 is 20.4 Å². The van der Waals surface area contributed by atoms with E-state index >= 15 is 0 Å². The van der Waals surface area contributed by atoms with Crippen LogP contribution in [0.4, 0.5) is 0 Å². The fourth-order valence-corrected chi connectivity index (χ4v) is 45.5. The van der Waals surface area contributed by atoms with Crippen LogP contribution in [0.25, 0.3) is 12.2 Å². The van der Waals surface area contributed by atoms with Gasteiger partial charge in [-0.1, -0.05) is 0 Å². The summed E-state index contributed by atoms with van der Waals surface area (Å²) in [4.78, 5) is 0. The monoisotopic (exact) mass is 650 g/mol. The molecule has 0 nitrogen and oxygen atoms in total. The molecule has 3 aromatic carbocycles. The average Bonchev–Trinajstić information content (AvgIpc) is 3.38. The Morgan fingerprint density at radius 2 is 1.05 bits per heavy atom. The molecule has 0 aromatic heterocycles. The quantitative estimate of drug-likeness (QED) is 0.247. The average molecular weight is 653 g/mol. The van der Waals surface area contributed by atoms with Crippen LogP contribution in [0.1, 0.15) is 96.0 Å². The molecule has 3 aromatic rings. The zero-order valence-corrected chi connectivity index (χ0v) is 29.9. The van der Waals surface area contributed by atoms with Crippen molar-refractivity contribution in [1.29, 1.82) is 0 Å². The molecule has 0 heterocycles. The number of allylic oxidation sites excluding steroid dienone is 2. The molecule has 0 aliphatic heterocycles. The van der Waals surface area contributed by atoms with Crippen molar-refractivity contribution in [3.63, 3.8) is 0 Å². The molecular weight excluding hydrogens is 611 g/mol. The van der Waals surface area contributed by atoms with E-state index in [2.05, 4.69) is 141 Å². The van der Waals surface area contributed by atoms with Crippen LogP contribution in [0, 0.1) is 0 Å². The summed E-state index contributed by atoms with van der Waals surface area (Å²) in [5.74, 6) is 0. The molecule has 0 fully saturated rings. The Morgan fingerprint density at radius 3 is 1.44 bits per heavy atom. The van der Waals surface area contributed by atoms with Gasteiger partial charge in [-0.2, -0.15) is 0 Å². The van der Waals surface area contributed by atoms with Gasteiger partial charge in [-0.05, 0) is 0 Å². The molecule has 0 saturated carbocycles. The molecule has 4 heteroatoms. The van der Waals surface area contributed by atoms with E-state index in [0.717, 1.165) is 0 Å². The van der Waals surface area contributed by atoms with Gasteiger partial charge in [0.05, 0.1) is 0 Å². The third kappa shape index (κ3) is 4.76. The minimum absolute atomic E-state index is 0.0829. The van der Waals surface area contributed by atoms with E-state index in [1.165, 1.54) is 49.7 Å². The van der Waals surface area contributed by atoms with E-state index in [-0.39, 0.29) is 18.1 Å². The Balaban J connectivity index is 1.83. The van der Waals surface area contributed by atoms with Crippen LogP contribution in [0.3, 0.4) is 0 Å². The van der Waals surface area contributed by atoms with Crippen molar-refractivity contribution < 1.29 is 15.0 Å². The van der Waals surface area contributed by atoms with Gasteiger partial charge in [-0.3, -0.25) is 0 Å². The van der Waals surface area contributed by atoms with E-state index in [4.69, 9.17) is 17.0 Å². The van der Waals surface area contributed by atoms with Crippen molar-refractivity contribution in [2.24, 2.45) is 0 Å². The Labute approximate surface area is 244 Å². The first-order valence-corrected chi connectivity index (χ1v) is 29.0. The second kappa shape index (κ2) is 9.69. The molecule has 0 radical (unpaired) electrons. The van der Waals surface area contributed by atoms with Gasteiger partial charge >= 0.3 is 246 Å². The van der Waals surface area contributed by atoms with Gasteiger partial charge in [0.25, 0.3) is 0 Å². The molecular formula is C35H42Cl2SiZr. The summed E-state index contributed by atoms with van der Waals surface area (Å²) in [6, 6.07) is 25.0.